The van der Waals surface area contributed by atoms with Crippen LogP contribution in [0.15, 0.2) is 24.4 Å². The van der Waals surface area contributed by atoms with Crippen LogP contribution in [-0.2, 0) is 6.42 Å². The largest absolute Gasteiger partial charge is 0.319 e. The van der Waals surface area contributed by atoms with Crippen LogP contribution in [0.3, 0.4) is 0 Å². The van der Waals surface area contributed by atoms with E-state index in [1.807, 2.05) is 13.2 Å². The Morgan fingerprint density at radius 2 is 2.29 bits per heavy atom. The minimum Gasteiger partial charge on any atom is -0.319 e. The van der Waals surface area contributed by atoms with Crippen LogP contribution in [0, 0.1) is 6.92 Å². The van der Waals surface area contributed by atoms with E-state index in [4.69, 9.17) is 0 Å². The third-order valence-corrected chi connectivity index (χ3v) is 2.42. The molecule has 2 rings (SSSR count). The van der Waals surface area contributed by atoms with Gasteiger partial charge < -0.3 is 9.72 Å². The van der Waals surface area contributed by atoms with E-state index in [0.717, 1.165) is 18.8 Å². The highest BCUT2D eigenvalue weighted by atomic mass is 15.0. The molecule has 0 spiro atoms. The number of hydrogen-bond donors (Lipinski definition) is 1. The summed E-state index contributed by atoms with van der Waals surface area (Å²) < 4.78 is 2.21. The van der Waals surface area contributed by atoms with Crippen molar-refractivity contribution in [2.45, 2.75) is 13.3 Å². The van der Waals surface area contributed by atoms with Crippen molar-refractivity contribution in [3.05, 3.63) is 35.9 Å². The molecule has 0 amide bonds. The minimum atomic E-state index is 0.966. The van der Waals surface area contributed by atoms with E-state index >= 15 is 0 Å². The van der Waals surface area contributed by atoms with Crippen LogP contribution < -0.4 is 5.32 Å². The van der Waals surface area contributed by atoms with Gasteiger partial charge in [-0.05, 0) is 26.1 Å². The lowest BCUT2D eigenvalue weighted by atomic mass is 10.3. The lowest BCUT2D eigenvalue weighted by Gasteiger charge is -2.04. The van der Waals surface area contributed by atoms with Gasteiger partial charge in [0.2, 0.25) is 0 Å². The summed E-state index contributed by atoms with van der Waals surface area (Å²) in [6, 6.07) is 6.26. The molecule has 0 fully saturated rings. The first kappa shape index (κ1) is 9.21. The van der Waals surface area contributed by atoms with E-state index in [9.17, 15) is 0 Å². The van der Waals surface area contributed by atoms with Crippen molar-refractivity contribution < 1.29 is 0 Å². The van der Waals surface area contributed by atoms with Gasteiger partial charge >= 0.3 is 0 Å². The summed E-state index contributed by atoms with van der Waals surface area (Å²) in [6.45, 7) is 3.07. The van der Waals surface area contributed by atoms with Gasteiger partial charge in [-0.3, -0.25) is 0 Å². The van der Waals surface area contributed by atoms with E-state index in [2.05, 4.69) is 39.8 Å². The molecule has 2 heterocycles. The Bertz CT molecular complexity index is 431. The Morgan fingerprint density at radius 3 is 3.07 bits per heavy atom. The fourth-order valence-electron chi connectivity index (χ4n) is 1.70. The average molecular weight is 189 g/mol. The highest BCUT2D eigenvalue weighted by molar-refractivity contribution is 5.47. The molecule has 0 aromatic carbocycles. The standard InChI is InChI=1S/C11H15N3/c1-9-4-3-5-10-8-13-11(14(9)10)6-7-12-2/h3-5,8,12H,6-7H2,1-2H3. The Kier molecular flexibility index (Phi) is 2.50. The molecule has 2 aromatic rings. The molecule has 74 valence electrons. The fourth-order valence-corrected chi connectivity index (χ4v) is 1.70. The molecule has 0 saturated heterocycles. The highest BCUT2D eigenvalue weighted by Gasteiger charge is 2.03. The summed E-state index contributed by atoms with van der Waals surface area (Å²) in [7, 11) is 1.96. The molecule has 3 nitrogen and oxygen atoms in total. The quantitative estimate of drug-likeness (QED) is 0.791. The summed E-state index contributed by atoms with van der Waals surface area (Å²) in [5, 5.41) is 3.14. The van der Waals surface area contributed by atoms with E-state index in [-0.39, 0.29) is 0 Å². The number of aryl methyl sites for hydroxylation is 1. The van der Waals surface area contributed by atoms with Crippen LogP contribution in [0.25, 0.3) is 5.52 Å². The van der Waals surface area contributed by atoms with Crippen molar-refractivity contribution in [3.8, 4) is 0 Å². The Labute approximate surface area is 83.8 Å². The van der Waals surface area contributed by atoms with Crippen LogP contribution in [0.1, 0.15) is 11.5 Å². The molecule has 0 aliphatic rings. The third-order valence-electron chi connectivity index (χ3n) is 2.42. The number of aromatic nitrogens is 2. The van der Waals surface area contributed by atoms with Gasteiger partial charge in [0.05, 0.1) is 11.7 Å². The predicted molar refractivity (Wildman–Crippen MR) is 57.6 cm³/mol. The molecule has 14 heavy (non-hydrogen) atoms. The van der Waals surface area contributed by atoms with Crippen LogP contribution >= 0.6 is 0 Å². The average Bonchev–Trinajstić information content (AvgIpc) is 2.59. The number of imidazole rings is 1. The second kappa shape index (κ2) is 3.80. The lowest BCUT2D eigenvalue weighted by molar-refractivity contribution is 0.749. The van der Waals surface area contributed by atoms with Gasteiger partial charge in [0.1, 0.15) is 5.82 Å². The van der Waals surface area contributed by atoms with Gasteiger partial charge in [-0.15, -0.1) is 0 Å². The summed E-state index contributed by atoms with van der Waals surface area (Å²) >= 11 is 0. The Hall–Kier alpha value is -1.35. The number of rotatable bonds is 3. The number of nitrogens with zero attached hydrogens (tertiary/aromatic N) is 2. The lowest BCUT2D eigenvalue weighted by Crippen LogP contribution is -2.12. The van der Waals surface area contributed by atoms with Gasteiger partial charge in [-0.25, -0.2) is 4.98 Å². The second-order valence-electron chi connectivity index (χ2n) is 3.46. The summed E-state index contributed by atoms with van der Waals surface area (Å²) in [5.74, 6) is 1.13. The summed E-state index contributed by atoms with van der Waals surface area (Å²) in [6.07, 6.45) is 2.90. The van der Waals surface area contributed by atoms with Crippen molar-refractivity contribution in [2.75, 3.05) is 13.6 Å². The van der Waals surface area contributed by atoms with Crippen molar-refractivity contribution in [1.29, 1.82) is 0 Å². The molecular formula is C11H15N3. The first-order valence-corrected chi connectivity index (χ1v) is 4.89. The van der Waals surface area contributed by atoms with Gasteiger partial charge in [-0.2, -0.15) is 0 Å². The molecule has 1 N–H and O–H groups in total. The molecule has 0 saturated carbocycles. The van der Waals surface area contributed by atoms with Crippen molar-refractivity contribution >= 4 is 5.52 Å². The molecule has 2 aromatic heterocycles. The van der Waals surface area contributed by atoms with Crippen molar-refractivity contribution in [2.24, 2.45) is 0 Å². The number of nitrogens with one attached hydrogen (secondary N) is 1. The molecule has 0 bridgehead atoms. The molecule has 0 unspecified atom stereocenters. The van der Waals surface area contributed by atoms with Gasteiger partial charge in [0.15, 0.2) is 0 Å². The fraction of sp³-hybridized carbons (Fsp3) is 0.364. The monoisotopic (exact) mass is 189 g/mol. The first-order valence-electron chi connectivity index (χ1n) is 4.89. The first-order chi connectivity index (χ1) is 6.83. The van der Waals surface area contributed by atoms with Crippen LogP contribution in [-0.4, -0.2) is 23.0 Å². The maximum atomic E-state index is 4.42. The van der Waals surface area contributed by atoms with Crippen LogP contribution in [0.5, 0.6) is 0 Å². The van der Waals surface area contributed by atoms with Crippen LogP contribution in [0.2, 0.25) is 0 Å². The highest BCUT2D eigenvalue weighted by Crippen LogP contribution is 2.10. The zero-order valence-corrected chi connectivity index (χ0v) is 8.62. The van der Waals surface area contributed by atoms with Gasteiger partial charge in [0, 0.05) is 18.7 Å². The van der Waals surface area contributed by atoms with E-state index in [1.165, 1.54) is 11.2 Å². The SMILES string of the molecule is CNCCc1ncc2cccc(C)n12. The summed E-state index contributed by atoms with van der Waals surface area (Å²) in [5.41, 5.74) is 2.42. The van der Waals surface area contributed by atoms with Crippen molar-refractivity contribution in [3.63, 3.8) is 0 Å². The molecule has 0 aliphatic heterocycles. The Balaban J connectivity index is 2.45. The second-order valence-corrected chi connectivity index (χ2v) is 3.46. The minimum absolute atomic E-state index is 0.966. The predicted octanol–water partition coefficient (Wildman–Crippen LogP) is 1.40. The van der Waals surface area contributed by atoms with Gasteiger partial charge in [-0.1, -0.05) is 6.07 Å². The number of fused-ring (bicyclic) bond motifs is 1. The van der Waals surface area contributed by atoms with Crippen molar-refractivity contribution in [1.82, 2.24) is 14.7 Å². The smallest absolute Gasteiger partial charge is 0.114 e. The molecule has 3 heteroatoms. The van der Waals surface area contributed by atoms with Gasteiger partial charge in [0.25, 0.3) is 0 Å². The normalized spacial score (nSPS) is 11.0. The molecular weight excluding hydrogens is 174 g/mol. The van der Waals surface area contributed by atoms with E-state index < -0.39 is 0 Å². The topological polar surface area (TPSA) is 29.3 Å². The summed E-state index contributed by atoms with van der Waals surface area (Å²) in [4.78, 5) is 4.42. The maximum Gasteiger partial charge on any atom is 0.114 e. The Morgan fingerprint density at radius 1 is 1.43 bits per heavy atom. The van der Waals surface area contributed by atoms with E-state index in [1.54, 1.807) is 0 Å². The number of hydrogen-bond acceptors (Lipinski definition) is 2. The van der Waals surface area contributed by atoms with Crippen LogP contribution in [0.4, 0.5) is 0 Å². The van der Waals surface area contributed by atoms with E-state index in [0.29, 0.717) is 0 Å². The number of likely N-dealkylation sites (N-methyl/N-ethyl adjacent to an activating group) is 1. The zero-order chi connectivity index (χ0) is 9.97. The number of pyridine rings is 1. The molecule has 0 atom stereocenters. The molecule has 0 aliphatic carbocycles. The maximum absolute atomic E-state index is 4.42. The molecule has 0 radical (unpaired) electrons. The third kappa shape index (κ3) is 1.51. The zero-order valence-electron chi connectivity index (χ0n) is 8.62.